The van der Waals surface area contributed by atoms with E-state index >= 15 is 0 Å². The molecule has 0 aromatic heterocycles. The van der Waals surface area contributed by atoms with Crippen LogP contribution in [0.3, 0.4) is 0 Å². The molecule has 0 saturated carbocycles. The highest BCUT2D eigenvalue weighted by Crippen LogP contribution is 2.39. The molecule has 6 aromatic carbocycles. The van der Waals surface area contributed by atoms with E-state index in [1.807, 2.05) is 73.7 Å². The van der Waals surface area contributed by atoms with Gasteiger partial charge in [0.2, 0.25) is 0 Å². The number of carbonyl (C=O) groups is 6. The summed E-state index contributed by atoms with van der Waals surface area (Å²) in [6, 6.07) is 34.3. The van der Waals surface area contributed by atoms with Gasteiger partial charge < -0.3 is 28.4 Å². The maximum absolute atomic E-state index is 12.3. The molecule has 0 amide bonds. The third kappa shape index (κ3) is 15.7. The lowest BCUT2D eigenvalue weighted by Gasteiger charge is -2.15. The Hall–Kier alpha value is -10.2. The summed E-state index contributed by atoms with van der Waals surface area (Å²) in [7, 11) is 0. The second-order valence-corrected chi connectivity index (χ2v) is 18.4. The fraction of sp³-hybridized carbons (Fsp3) is 0.104. The Labute approximate surface area is 460 Å². The Morgan fingerprint density at radius 1 is 0.304 bits per heavy atom. The fourth-order valence-electron chi connectivity index (χ4n) is 6.96. The van der Waals surface area contributed by atoms with Crippen LogP contribution in [0, 0.1) is 0 Å². The van der Waals surface area contributed by atoms with E-state index in [1.54, 1.807) is 74.5 Å². The van der Waals surface area contributed by atoms with Crippen molar-refractivity contribution >= 4 is 53.5 Å². The minimum Gasteiger partial charge on any atom is -0.423 e. The van der Waals surface area contributed by atoms with Crippen molar-refractivity contribution in [3.63, 3.8) is 0 Å². The van der Waals surface area contributed by atoms with Gasteiger partial charge in [0, 0.05) is 44.6 Å². The number of rotatable bonds is 19. The molecule has 12 nitrogen and oxygen atoms in total. The lowest BCUT2D eigenvalue weighted by Crippen LogP contribution is -2.12. The smallest absolute Gasteiger partial charge is 0.338 e. The van der Waals surface area contributed by atoms with Crippen LogP contribution in [0.5, 0.6) is 34.5 Å². The number of benzene rings is 6. The number of ether oxygens (including phenoxy) is 6. The van der Waals surface area contributed by atoms with Crippen molar-refractivity contribution in [2.24, 2.45) is 0 Å². The van der Waals surface area contributed by atoms with Gasteiger partial charge in [0.25, 0.3) is 0 Å². The van der Waals surface area contributed by atoms with Gasteiger partial charge in [0.15, 0.2) is 23.0 Å². The Morgan fingerprint density at radius 2 is 0.582 bits per heavy atom. The molecule has 0 radical (unpaired) electrons. The minimum atomic E-state index is -0.653. The van der Waals surface area contributed by atoms with E-state index < -0.39 is 35.8 Å². The summed E-state index contributed by atoms with van der Waals surface area (Å²) in [6.07, 6.45) is 3.33. The number of hydrogen-bond donors (Lipinski definition) is 0. The highest BCUT2D eigenvalue weighted by Gasteiger charge is 2.20. The van der Waals surface area contributed by atoms with Crippen molar-refractivity contribution < 1.29 is 57.2 Å². The molecule has 0 fully saturated rings. The molecule has 0 atom stereocenters. The van der Waals surface area contributed by atoms with Gasteiger partial charge in [-0.3, -0.25) is 0 Å². The summed E-state index contributed by atoms with van der Waals surface area (Å²) in [4.78, 5) is 72.7. The molecule has 400 valence electrons. The normalized spacial score (nSPS) is 10.2. The van der Waals surface area contributed by atoms with E-state index in [9.17, 15) is 28.8 Å². The lowest BCUT2D eigenvalue weighted by atomic mass is 9.94. The SMILES string of the molecule is C=C(C)C(=O)Oc1ccc(-c2ccc(-c3ccc(OC(=O)C(=C)C)c(C(=C)C)c3)cc2)cc1OC(=O)C(=C)C.C=Cc1cc(-c2ccc(-c3ccc(OC(=O)C(=C)C)c(OC(=O)C(=C)C)c3)c(C=C)c2)ccc1OC(=O)C(=C)C. The highest BCUT2D eigenvalue weighted by molar-refractivity contribution is 5.94. The van der Waals surface area contributed by atoms with Gasteiger partial charge >= 0.3 is 35.8 Å². The van der Waals surface area contributed by atoms with E-state index in [1.165, 1.54) is 27.7 Å². The van der Waals surface area contributed by atoms with Crippen LogP contribution in [-0.2, 0) is 28.8 Å². The van der Waals surface area contributed by atoms with Gasteiger partial charge in [0.1, 0.15) is 11.5 Å². The predicted octanol–water partition coefficient (Wildman–Crippen LogP) is 15.2. The Kier molecular flexibility index (Phi) is 20.0. The van der Waals surface area contributed by atoms with Crippen LogP contribution >= 0.6 is 0 Å². The zero-order valence-electron chi connectivity index (χ0n) is 45.4. The van der Waals surface area contributed by atoms with Crippen LogP contribution in [0.25, 0.3) is 62.2 Å². The first-order valence-corrected chi connectivity index (χ1v) is 24.3. The summed E-state index contributed by atoms with van der Waals surface area (Å²) < 4.78 is 32.5. The maximum Gasteiger partial charge on any atom is 0.338 e. The fourth-order valence-corrected chi connectivity index (χ4v) is 6.96. The van der Waals surface area contributed by atoms with Crippen molar-refractivity contribution in [1.82, 2.24) is 0 Å². The Morgan fingerprint density at radius 3 is 0.975 bits per heavy atom. The molecule has 0 spiro atoms. The van der Waals surface area contributed by atoms with Gasteiger partial charge in [-0.05, 0) is 159 Å². The Bertz CT molecular complexity index is 3580. The predicted molar refractivity (Wildman–Crippen MR) is 312 cm³/mol. The molecule has 0 saturated heterocycles. The molecule has 12 heteroatoms. The van der Waals surface area contributed by atoms with Crippen molar-refractivity contribution in [2.45, 2.75) is 48.5 Å². The largest absolute Gasteiger partial charge is 0.423 e. The summed E-state index contributed by atoms with van der Waals surface area (Å²) >= 11 is 0. The second kappa shape index (κ2) is 26.5. The molecule has 0 aliphatic heterocycles. The van der Waals surface area contributed by atoms with Gasteiger partial charge in [-0.1, -0.05) is 132 Å². The third-order valence-corrected chi connectivity index (χ3v) is 11.3. The second-order valence-electron chi connectivity index (χ2n) is 18.4. The summed E-state index contributed by atoms with van der Waals surface area (Å²) in [5.41, 5.74) is 11.0. The summed E-state index contributed by atoms with van der Waals surface area (Å²) in [6.45, 7) is 44.5. The van der Waals surface area contributed by atoms with E-state index in [2.05, 4.69) is 59.2 Å². The monoisotopic (exact) mass is 1060 g/mol. The molecule has 6 aromatic rings. The minimum absolute atomic E-state index is 0.0645. The highest BCUT2D eigenvalue weighted by atomic mass is 16.6. The molecule has 0 aliphatic rings. The number of hydrogen-bond acceptors (Lipinski definition) is 12. The molecule has 0 aliphatic carbocycles. The number of allylic oxidation sites excluding steroid dienone is 1. The molecule has 0 N–H and O–H groups in total. The standard InChI is InChI=1S/C34H30O6.C33H30O6/c1-9-23-17-25(26-12-15-29(24(10-2)18-26)38-32(35)20(3)4)11-14-28(23)27-13-16-30(39-33(36)21(5)6)31(19-27)40-34(37)22(7)8;1-19(2)27-17-25(13-15-28(27)37-31(34)20(3)4)23-9-11-24(12-10-23)26-14-16-29(38-32(35)21(5)6)30(18-26)39-33(36)22(7)8/h9-19H,1-3,5,7H2,4,6,8H3;9-18H,1,3,5,7H2,2,4,6,8H3. The summed E-state index contributed by atoms with van der Waals surface area (Å²) in [5.74, 6) is -2.45. The molecular formula is C67H60O12. The third-order valence-electron chi connectivity index (χ3n) is 11.3. The van der Waals surface area contributed by atoms with Crippen LogP contribution in [0.1, 0.15) is 65.2 Å². The average Bonchev–Trinajstić information content (AvgIpc) is 3.43. The summed E-state index contributed by atoms with van der Waals surface area (Å²) in [5, 5.41) is 0. The van der Waals surface area contributed by atoms with Crippen LogP contribution in [-0.4, -0.2) is 35.8 Å². The first-order chi connectivity index (χ1) is 37.3. The van der Waals surface area contributed by atoms with Crippen molar-refractivity contribution in [3.8, 4) is 79.0 Å². The lowest BCUT2D eigenvalue weighted by molar-refractivity contribution is -0.132. The van der Waals surface area contributed by atoms with Gasteiger partial charge in [0.05, 0.1) is 0 Å². The average molecular weight is 1060 g/mol. The Balaban J connectivity index is 0.000000291. The van der Waals surface area contributed by atoms with Gasteiger partial charge in [-0.25, -0.2) is 28.8 Å². The number of carbonyl (C=O) groups excluding carboxylic acids is 6. The maximum atomic E-state index is 12.3. The molecule has 0 heterocycles. The molecule has 0 unspecified atom stereocenters. The zero-order valence-corrected chi connectivity index (χ0v) is 45.4. The first-order valence-electron chi connectivity index (χ1n) is 24.3. The van der Waals surface area contributed by atoms with Crippen LogP contribution in [0.15, 0.2) is 208 Å². The van der Waals surface area contributed by atoms with Crippen molar-refractivity contribution in [3.05, 3.63) is 225 Å². The molecule has 0 bridgehead atoms. The first kappa shape index (κ1) is 59.7. The van der Waals surface area contributed by atoms with Gasteiger partial charge in [-0.15, -0.1) is 0 Å². The van der Waals surface area contributed by atoms with E-state index in [4.69, 9.17) is 28.4 Å². The zero-order chi connectivity index (χ0) is 58.4. The molecule has 6 rings (SSSR count). The topological polar surface area (TPSA) is 158 Å². The van der Waals surface area contributed by atoms with E-state index in [0.717, 1.165) is 55.6 Å². The van der Waals surface area contributed by atoms with Crippen molar-refractivity contribution in [2.75, 3.05) is 0 Å². The van der Waals surface area contributed by atoms with Crippen LogP contribution < -0.4 is 28.4 Å². The van der Waals surface area contributed by atoms with Crippen molar-refractivity contribution in [1.29, 1.82) is 0 Å². The van der Waals surface area contributed by atoms with Crippen LogP contribution in [0.2, 0.25) is 0 Å². The van der Waals surface area contributed by atoms with Gasteiger partial charge in [-0.2, -0.15) is 0 Å². The van der Waals surface area contributed by atoms with E-state index in [-0.39, 0.29) is 45.3 Å². The molecular weight excluding hydrogens is 997 g/mol. The number of esters is 6. The molecule has 79 heavy (non-hydrogen) atoms. The van der Waals surface area contributed by atoms with E-state index in [0.29, 0.717) is 33.8 Å². The quantitative estimate of drug-likeness (QED) is 0.0430. The van der Waals surface area contributed by atoms with Crippen LogP contribution in [0.4, 0.5) is 0 Å².